The molecular formula is C13H12N4O. The summed E-state index contributed by atoms with van der Waals surface area (Å²) >= 11 is 0. The first-order chi connectivity index (χ1) is 8.63. The van der Waals surface area contributed by atoms with Crippen molar-refractivity contribution >= 4 is 5.69 Å². The molecule has 0 fully saturated rings. The van der Waals surface area contributed by atoms with Crippen molar-refractivity contribution in [2.24, 2.45) is 0 Å². The number of benzene rings is 1. The van der Waals surface area contributed by atoms with Crippen molar-refractivity contribution in [2.45, 2.75) is 0 Å². The molecule has 2 rings (SSSR count). The van der Waals surface area contributed by atoms with Gasteiger partial charge in [0.05, 0.1) is 12.0 Å². The van der Waals surface area contributed by atoms with Crippen molar-refractivity contribution < 1.29 is 0 Å². The number of rotatable bonds is 2. The first-order valence-electron chi connectivity index (χ1n) is 5.39. The highest BCUT2D eigenvalue weighted by atomic mass is 16.1. The molecule has 0 saturated heterocycles. The summed E-state index contributed by atoms with van der Waals surface area (Å²) in [6.45, 7) is 0. The van der Waals surface area contributed by atoms with Gasteiger partial charge < -0.3 is 9.88 Å². The second-order valence-corrected chi connectivity index (χ2v) is 4.01. The monoisotopic (exact) mass is 240 g/mol. The Balaban J connectivity index is 2.53. The van der Waals surface area contributed by atoms with E-state index in [1.807, 2.05) is 49.3 Å². The molecule has 18 heavy (non-hydrogen) atoms. The lowest BCUT2D eigenvalue weighted by atomic mass is 10.1. The van der Waals surface area contributed by atoms with Gasteiger partial charge in [0.2, 0.25) is 0 Å². The number of hydrogen-bond donors (Lipinski definition) is 1. The highest BCUT2D eigenvalue weighted by molar-refractivity contribution is 5.67. The quantitative estimate of drug-likeness (QED) is 0.860. The SMILES string of the molecule is CN(C)c1ccc(-c2nc[nH]c(=O)c2C#N)cc1. The Kier molecular flexibility index (Phi) is 3.11. The van der Waals surface area contributed by atoms with E-state index in [9.17, 15) is 4.79 Å². The predicted molar refractivity (Wildman–Crippen MR) is 69.3 cm³/mol. The van der Waals surface area contributed by atoms with Gasteiger partial charge in [0, 0.05) is 25.3 Å². The molecule has 0 unspecified atom stereocenters. The van der Waals surface area contributed by atoms with Crippen molar-refractivity contribution in [3.63, 3.8) is 0 Å². The zero-order valence-corrected chi connectivity index (χ0v) is 10.1. The Morgan fingerprint density at radius 3 is 2.50 bits per heavy atom. The average molecular weight is 240 g/mol. The first kappa shape index (κ1) is 11.9. The second-order valence-electron chi connectivity index (χ2n) is 4.01. The Bertz CT molecular complexity index is 650. The highest BCUT2D eigenvalue weighted by Crippen LogP contribution is 2.21. The third kappa shape index (κ3) is 2.09. The van der Waals surface area contributed by atoms with Gasteiger partial charge in [-0.25, -0.2) is 4.98 Å². The lowest BCUT2D eigenvalue weighted by molar-refractivity contribution is 1.10. The average Bonchev–Trinajstić information content (AvgIpc) is 2.38. The number of hydrogen-bond acceptors (Lipinski definition) is 4. The van der Waals surface area contributed by atoms with Gasteiger partial charge in [-0.2, -0.15) is 5.26 Å². The molecule has 1 aromatic carbocycles. The molecule has 0 aliphatic rings. The minimum Gasteiger partial charge on any atom is -0.378 e. The molecule has 90 valence electrons. The molecule has 2 aromatic rings. The molecule has 0 aliphatic carbocycles. The van der Waals surface area contributed by atoms with Crippen LogP contribution in [0.15, 0.2) is 35.4 Å². The summed E-state index contributed by atoms with van der Waals surface area (Å²) in [6.07, 6.45) is 1.30. The third-order valence-electron chi connectivity index (χ3n) is 2.62. The van der Waals surface area contributed by atoms with E-state index < -0.39 is 5.56 Å². The van der Waals surface area contributed by atoms with E-state index in [2.05, 4.69) is 9.97 Å². The molecule has 0 spiro atoms. The Morgan fingerprint density at radius 2 is 1.94 bits per heavy atom. The molecule has 1 aromatic heterocycles. The van der Waals surface area contributed by atoms with Gasteiger partial charge in [-0.1, -0.05) is 12.1 Å². The normalized spacial score (nSPS) is 9.83. The Labute approximate surface area is 104 Å². The van der Waals surface area contributed by atoms with Gasteiger partial charge in [0.15, 0.2) is 0 Å². The summed E-state index contributed by atoms with van der Waals surface area (Å²) in [5.74, 6) is 0. The van der Waals surface area contributed by atoms with Crippen LogP contribution < -0.4 is 10.5 Å². The van der Waals surface area contributed by atoms with Crippen LogP contribution in [0.2, 0.25) is 0 Å². The summed E-state index contributed by atoms with van der Waals surface area (Å²) in [6, 6.07) is 9.41. The van der Waals surface area contributed by atoms with E-state index in [1.165, 1.54) is 6.33 Å². The maximum absolute atomic E-state index is 11.5. The smallest absolute Gasteiger partial charge is 0.269 e. The summed E-state index contributed by atoms with van der Waals surface area (Å²) in [5, 5.41) is 8.99. The maximum atomic E-state index is 11.5. The summed E-state index contributed by atoms with van der Waals surface area (Å²) in [4.78, 5) is 19.9. The van der Waals surface area contributed by atoms with Crippen LogP contribution in [0.25, 0.3) is 11.3 Å². The Morgan fingerprint density at radius 1 is 1.28 bits per heavy atom. The Hall–Kier alpha value is -2.61. The third-order valence-corrected chi connectivity index (χ3v) is 2.62. The minimum atomic E-state index is -0.417. The molecule has 5 nitrogen and oxygen atoms in total. The summed E-state index contributed by atoms with van der Waals surface area (Å²) in [5.41, 5.74) is 1.83. The van der Waals surface area contributed by atoms with Crippen LogP contribution in [0.3, 0.4) is 0 Å². The van der Waals surface area contributed by atoms with Crippen LogP contribution in [0.5, 0.6) is 0 Å². The number of nitriles is 1. The maximum Gasteiger partial charge on any atom is 0.269 e. The molecule has 0 radical (unpaired) electrons. The summed E-state index contributed by atoms with van der Waals surface area (Å²) < 4.78 is 0. The van der Waals surface area contributed by atoms with Gasteiger partial charge in [-0.3, -0.25) is 4.79 Å². The number of aromatic nitrogens is 2. The molecule has 0 bridgehead atoms. The van der Waals surface area contributed by atoms with Gasteiger partial charge in [-0.05, 0) is 12.1 Å². The van der Waals surface area contributed by atoms with Gasteiger partial charge in [-0.15, -0.1) is 0 Å². The summed E-state index contributed by atoms with van der Waals surface area (Å²) in [7, 11) is 3.89. The van der Waals surface area contributed by atoms with E-state index >= 15 is 0 Å². The highest BCUT2D eigenvalue weighted by Gasteiger charge is 2.10. The van der Waals surface area contributed by atoms with Crippen molar-refractivity contribution in [1.82, 2.24) is 9.97 Å². The van der Waals surface area contributed by atoms with Crippen LogP contribution in [0.4, 0.5) is 5.69 Å². The molecule has 5 heteroatoms. The van der Waals surface area contributed by atoms with Crippen LogP contribution in [0.1, 0.15) is 5.56 Å². The number of anilines is 1. The van der Waals surface area contributed by atoms with E-state index in [1.54, 1.807) is 0 Å². The largest absolute Gasteiger partial charge is 0.378 e. The first-order valence-corrected chi connectivity index (χ1v) is 5.39. The number of nitrogens with zero attached hydrogens (tertiary/aromatic N) is 3. The van der Waals surface area contributed by atoms with Gasteiger partial charge in [0.25, 0.3) is 5.56 Å². The van der Waals surface area contributed by atoms with Crippen molar-refractivity contribution in [3.05, 3.63) is 46.5 Å². The fraction of sp³-hybridized carbons (Fsp3) is 0.154. The van der Waals surface area contributed by atoms with Crippen molar-refractivity contribution in [3.8, 4) is 17.3 Å². The lowest BCUT2D eigenvalue weighted by Gasteiger charge is -2.12. The standard InChI is InChI=1S/C13H12N4O/c1-17(2)10-5-3-9(4-6-10)12-11(7-14)13(18)16-8-15-12/h3-6,8H,1-2H3,(H,15,16,18). The predicted octanol–water partition coefficient (Wildman–Crippen LogP) is 1.37. The molecule has 0 aliphatic heterocycles. The van der Waals surface area contributed by atoms with Gasteiger partial charge >= 0.3 is 0 Å². The van der Waals surface area contributed by atoms with Gasteiger partial charge in [0.1, 0.15) is 11.6 Å². The van der Waals surface area contributed by atoms with Crippen LogP contribution in [0, 0.1) is 11.3 Å². The topological polar surface area (TPSA) is 72.8 Å². The molecule has 1 heterocycles. The number of H-pyrrole nitrogens is 1. The second kappa shape index (κ2) is 4.72. The van der Waals surface area contributed by atoms with Crippen LogP contribution >= 0.6 is 0 Å². The molecule has 0 atom stereocenters. The van der Waals surface area contributed by atoms with Crippen LogP contribution in [-0.4, -0.2) is 24.1 Å². The molecular weight excluding hydrogens is 228 g/mol. The van der Waals surface area contributed by atoms with Crippen molar-refractivity contribution in [2.75, 3.05) is 19.0 Å². The fourth-order valence-corrected chi connectivity index (χ4v) is 1.64. The zero-order chi connectivity index (χ0) is 13.1. The lowest BCUT2D eigenvalue weighted by Crippen LogP contribution is -2.12. The fourth-order valence-electron chi connectivity index (χ4n) is 1.64. The molecule has 1 N–H and O–H groups in total. The number of aromatic amines is 1. The van der Waals surface area contributed by atoms with E-state index in [0.717, 1.165) is 11.3 Å². The molecule has 0 saturated carbocycles. The molecule has 0 amide bonds. The zero-order valence-electron chi connectivity index (χ0n) is 10.1. The van der Waals surface area contributed by atoms with Crippen molar-refractivity contribution in [1.29, 1.82) is 5.26 Å². The van der Waals surface area contributed by atoms with E-state index in [-0.39, 0.29) is 5.56 Å². The van der Waals surface area contributed by atoms with E-state index in [0.29, 0.717) is 5.69 Å². The van der Waals surface area contributed by atoms with E-state index in [4.69, 9.17) is 5.26 Å². The van der Waals surface area contributed by atoms with Crippen LogP contribution in [-0.2, 0) is 0 Å². The minimum absolute atomic E-state index is 0.0371. The number of nitrogens with one attached hydrogen (secondary N) is 1.